The summed E-state index contributed by atoms with van der Waals surface area (Å²) in [6, 6.07) is 1.50. The van der Waals surface area contributed by atoms with E-state index in [1.165, 1.54) is 0 Å². The van der Waals surface area contributed by atoms with E-state index in [0.29, 0.717) is 42.8 Å². The fraction of sp³-hybridized carbons (Fsp3) is 0.520. The van der Waals surface area contributed by atoms with Gasteiger partial charge in [0.1, 0.15) is 5.82 Å². The lowest BCUT2D eigenvalue weighted by atomic mass is 9.94. The molecule has 2 fully saturated rings. The maximum absolute atomic E-state index is 14.3. The van der Waals surface area contributed by atoms with Crippen LogP contribution >= 0.6 is 0 Å². The number of aromatic nitrogens is 4. The highest BCUT2D eigenvalue weighted by molar-refractivity contribution is 5.39. The van der Waals surface area contributed by atoms with Gasteiger partial charge >= 0.3 is 6.01 Å². The summed E-state index contributed by atoms with van der Waals surface area (Å²) in [4.78, 5) is 17.2. The van der Waals surface area contributed by atoms with Gasteiger partial charge in [0.05, 0.1) is 19.0 Å². The molecule has 5 rings (SSSR count). The lowest BCUT2D eigenvalue weighted by Crippen LogP contribution is -2.38. The van der Waals surface area contributed by atoms with E-state index >= 15 is 0 Å². The van der Waals surface area contributed by atoms with Crippen LogP contribution in [0.4, 0.5) is 25.1 Å². The van der Waals surface area contributed by atoms with Crippen molar-refractivity contribution < 1.29 is 22.4 Å². The number of ether oxygens (including phenoxy) is 1. The van der Waals surface area contributed by atoms with Crippen molar-refractivity contribution in [2.45, 2.75) is 44.6 Å². The number of hydrogen-bond donors (Lipinski definition) is 1. The lowest BCUT2D eigenvalue weighted by molar-refractivity contribution is 0.223. The Labute approximate surface area is 212 Å². The number of nitrogens with zero attached hydrogens (tertiary/aromatic N) is 6. The van der Waals surface area contributed by atoms with Gasteiger partial charge < -0.3 is 24.8 Å². The van der Waals surface area contributed by atoms with Crippen LogP contribution in [0.1, 0.15) is 49.9 Å². The molecule has 2 N–H and O–H groups in total. The Morgan fingerprint density at radius 3 is 2.54 bits per heavy atom. The second-order valence-electron chi connectivity index (χ2n) is 10.0. The number of rotatable bonds is 7. The fourth-order valence-corrected chi connectivity index (χ4v) is 4.87. The van der Waals surface area contributed by atoms with Crippen LogP contribution in [0.5, 0.6) is 5.75 Å². The van der Waals surface area contributed by atoms with Gasteiger partial charge in [0.15, 0.2) is 23.2 Å². The molecule has 198 valence electrons. The van der Waals surface area contributed by atoms with Crippen molar-refractivity contribution in [3.05, 3.63) is 53.4 Å². The first kappa shape index (κ1) is 25.2. The largest absolute Gasteiger partial charge is 0.490 e. The highest BCUT2D eigenvalue weighted by atomic mass is 19.2. The second kappa shape index (κ2) is 10.5. The zero-order chi connectivity index (χ0) is 26.1. The molecule has 0 amide bonds. The number of nitrogens with two attached hydrogens (primary N) is 1. The molecule has 2 saturated heterocycles. The van der Waals surface area contributed by atoms with Crippen LogP contribution < -0.4 is 20.3 Å². The molecular weight excluding hydrogens is 487 g/mol. The Morgan fingerprint density at radius 1 is 1.05 bits per heavy atom. The third-order valence-corrected chi connectivity index (χ3v) is 6.92. The maximum atomic E-state index is 14.3. The molecule has 37 heavy (non-hydrogen) atoms. The van der Waals surface area contributed by atoms with Crippen molar-refractivity contribution in [1.82, 2.24) is 20.1 Å². The highest BCUT2D eigenvalue weighted by Crippen LogP contribution is 2.32. The van der Waals surface area contributed by atoms with Crippen LogP contribution in [0, 0.1) is 23.4 Å². The van der Waals surface area contributed by atoms with Gasteiger partial charge in [-0.15, -0.1) is 0 Å². The third-order valence-electron chi connectivity index (χ3n) is 6.92. The molecule has 2 aliphatic heterocycles. The quantitative estimate of drug-likeness (QED) is 0.470. The van der Waals surface area contributed by atoms with E-state index in [0.717, 1.165) is 32.0 Å². The van der Waals surface area contributed by atoms with Gasteiger partial charge in [-0.05, 0) is 24.5 Å². The van der Waals surface area contributed by atoms with Gasteiger partial charge in [-0.3, -0.25) is 0 Å². The Morgan fingerprint density at radius 2 is 1.81 bits per heavy atom. The molecular formula is C25H30F3N7O2. The summed E-state index contributed by atoms with van der Waals surface area (Å²) >= 11 is 0. The molecule has 2 aromatic heterocycles. The number of piperidine rings is 1. The van der Waals surface area contributed by atoms with Crippen molar-refractivity contribution in [2.24, 2.45) is 11.7 Å². The zero-order valence-electron chi connectivity index (χ0n) is 20.8. The molecule has 4 heterocycles. The summed E-state index contributed by atoms with van der Waals surface area (Å²) in [5.41, 5.74) is 6.25. The molecule has 0 aliphatic carbocycles. The molecule has 0 saturated carbocycles. The number of hydrogen-bond acceptors (Lipinski definition) is 9. The van der Waals surface area contributed by atoms with Crippen molar-refractivity contribution in [3.8, 4) is 5.75 Å². The number of anilines is 2. The molecule has 3 atom stereocenters. The Hall–Kier alpha value is -3.41. The van der Waals surface area contributed by atoms with Gasteiger partial charge in [0.25, 0.3) is 0 Å². The average molecular weight is 518 g/mol. The first-order chi connectivity index (χ1) is 17.8. The van der Waals surface area contributed by atoms with Gasteiger partial charge in [-0.2, -0.15) is 4.98 Å². The molecule has 0 spiro atoms. The Balaban J connectivity index is 1.16. The minimum Gasteiger partial charge on any atom is -0.490 e. The van der Waals surface area contributed by atoms with E-state index in [9.17, 15) is 13.2 Å². The van der Waals surface area contributed by atoms with Gasteiger partial charge in [-0.1, -0.05) is 19.0 Å². The average Bonchev–Trinajstić information content (AvgIpc) is 3.53. The van der Waals surface area contributed by atoms with E-state index in [1.54, 1.807) is 17.3 Å². The summed E-state index contributed by atoms with van der Waals surface area (Å²) in [7, 11) is 0. The monoisotopic (exact) mass is 517 g/mol. The molecule has 12 heteroatoms. The molecule has 3 aromatic rings. The Bertz CT molecular complexity index is 1220. The molecule has 1 aromatic carbocycles. The smallest absolute Gasteiger partial charge is 0.324 e. The summed E-state index contributed by atoms with van der Waals surface area (Å²) in [6.07, 6.45) is 5.20. The van der Waals surface area contributed by atoms with Gasteiger partial charge in [0.2, 0.25) is 5.95 Å². The van der Waals surface area contributed by atoms with E-state index in [-0.39, 0.29) is 23.9 Å². The van der Waals surface area contributed by atoms with Crippen LogP contribution in [0.3, 0.4) is 0 Å². The van der Waals surface area contributed by atoms with Gasteiger partial charge in [0, 0.05) is 56.0 Å². The van der Waals surface area contributed by atoms with Crippen LogP contribution in [0.25, 0.3) is 0 Å². The number of benzene rings is 1. The van der Waals surface area contributed by atoms with E-state index in [4.69, 9.17) is 15.0 Å². The predicted molar refractivity (Wildman–Crippen MR) is 130 cm³/mol. The van der Waals surface area contributed by atoms with Crippen LogP contribution in [0.2, 0.25) is 0 Å². The summed E-state index contributed by atoms with van der Waals surface area (Å²) in [5.74, 6) is -1.51. The minimum atomic E-state index is -1.22. The zero-order valence-corrected chi connectivity index (χ0v) is 20.8. The van der Waals surface area contributed by atoms with Crippen molar-refractivity contribution in [3.63, 3.8) is 0 Å². The van der Waals surface area contributed by atoms with Crippen molar-refractivity contribution in [1.29, 1.82) is 0 Å². The summed E-state index contributed by atoms with van der Waals surface area (Å²) < 4.78 is 52.7. The fourth-order valence-electron chi connectivity index (χ4n) is 4.87. The molecule has 0 unspecified atom stereocenters. The topological polar surface area (TPSA) is 106 Å². The predicted octanol–water partition coefficient (Wildman–Crippen LogP) is 3.63. The molecule has 2 aliphatic rings. The third kappa shape index (κ3) is 5.48. The molecule has 0 bridgehead atoms. The highest BCUT2D eigenvalue weighted by Gasteiger charge is 2.35. The van der Waals surface area contributed by atoms with E-state index in [1.807, 2.05) is 13.8 Å². The SMILES string of the molecule is CC(C)c1noc(N2CCC[C@H](COc3cnc(N4C[C@H](c5cc(F)c(F)cc5F)[C@@H](N)C4)nc3)C2)n1. The standard InChI is InChI=1S/C25H30F3N7O2/c1-14(2)23-32-25(37-33-23)34-5-3-4-15(10-34)13-36-16-8-30-24(31-9-16)35-11-18(22(29)12-35)17-6-20(27)21(28)7-19(17)26/h6-9,14-15,18,22H,3-5,10-13,29H2,1-2H3/t15-,18+,22-/m0/s1. The van der Waals surface area contributed by atoms with E-state index < -0.39 is 29.4 Å². The first-order valence-electron chi connectivity index (χ1n) is 12.5. The van der Waals surface area contributed by atoms with Crippen LogP contribution in [-0.4, -0.2) is 58.9 Å². The van der Waals surface area contributed by atoms with Crippen LogP contribution in [0.15, 0.2) is 29.0 Å². The second-order valence-corrected chi connectivity index (χ2v) is 10.0. The first-order valence-corrected chi connectivity index (χ1v) is 12.5. The van der Waals surface area contributed by atoms with Crippen molar-refractivity contribution >= 4 is 12.0 Å². The van der Waals surface area contributed by atoms with Crippen LogP contribution in [-0.2, 0) is 0 Å². The normalized spacial score (nSPS) is 22.2. The summed E-state index contributed by atoms with van der Waals surface area (Å²) in [6.45, 7) is 6.81. The molecule has 0 radical (unpaired) electrons. The van der Waals surface area contributed by atoms with E-state index in [2.05, 4.69) is 25.0 Å². The minimum absolute atomic E-state index is 0.0522. The maximum Gasteiger partial charge on any atom is 0.324 e. The van der Waals surface area contributed by atoms with Gasteiger partial charge in [-0.25, -0.2) is 23.1 Å². The lowest BCUT2D eigenvalue weighted by Gasteiger charge is -2.31. The number of halogens is 3. The summed E-state index contributed by atoms with van der Waals surface area (Å²) in [5, 5.41) is 4.05. The Kier molecular flexibility index (Phi) is 7.18. The molecule has 9 nitrogen and oxygen atoms in total. The van der Waals surface area contributed by atoms with Crippen molar-refractivity contribution in [2.75, 3.05) is 42.6 Å².